The molecule has 0 saturated carbocycles. The second-order valence-electron chi connectivity index (χ2n) is 7.36. The van der Waals surface area contributed by atoms with Gasteiger partial charge in [0.1, 0.15) is 18.1 Å². The zero-order chi connectivity index (χ0) is 24.4. The number of hydrogen-bond donors (Lipinski definition) is 8. The van der Waals surface area contributed by atoms with E-state index < -0.39 is 72.8 Å². The fraction of sp³-hybridized carbons (Fsp3) is 0.556. The molecule has 14 nitrogen and oxygen atoms in total. The van der Waals surface area contributed by atoms with Gasteiger partial charge in [-0.3, -0.25) is 19.2 Å². The average molecular weight is 456 g/mol. The van der Waals surface area contributed by atoms with E-state index in [-0.39, 0.29) is 6.42 Å². The maximum Gasteiger partial charge on any atom is 0.328 e. The molecule has 4 atom stereocenters. The zero-order valence-electron chi connectivity index (χ0n) is 17.6. The van der Waals surface area contributed by atoms with Crippen molar-refractivity contribution in [3.05, 3.63) is 18.2 Å². The Morgan fingerprint density at radius 2 is 1.66 bits per heavy atom. The van der Waals surface area contributed by atoms with Crippen molar-refractivity contribution < 1.29 is 39.3 Å². The first-order valence-corrected chi connectivity index (χ1v) is 9.65. The molecule has 0 bridgehead atoms. The van der Waals surface area contributed by atoms with Crippen molar-refractivity contribution in [2.45, 2.75) is 50.9 Å². The van der Waals surface area contributed by atoms with Crippen LogP contribution in [0.5, 0.6) is 0 Å². The van der Waals surface area contributed by atoms with Crippen LogP contribution < -0.4 is 21.7 Å². The lowest BCUT2D eigenvalue weighted by Crippen LogP contribution is -2.59. The molecule has 0 aromatic carbocycles. The number of carbonyl (C=O) groups excluding carboxylic acids is 3. The maximum atomic E-state index is 12.7. The normalized spacial score (nSPS) is 14.7. The Labute approximate surface area is 183 Å². The van der Waals surface area contributed by atoms with Gasteiger partial charge < -0.3 is 42.0 Å². The Bertz CT molecular complexity index is 812. The Kier molecular flexibility index (Phi) is 10.2. The predicted octanol–water partition coefficient (Wildman–Crippen LogP) is -3.06. The molecule has 0 radical (unpaired) electrons. The third kappa shape index (κ3) is 8.31. The van der Waals surface area contributed by atoms with E-state index in [1.165, 1.54) is 12.5 Å². The maximum absolute atomic E-state index is 12.7. The van der Waals surface area contributed by atoms with E-state index in [0.717, 1.165) is 0 Å². The van der Waals surface area contributed by atoms with Crippen LogP contribution in [-0.4, -0.2) is 85.7 Å². The number of carboxylic acid groups (broad SMARTS) is 2. The summed E-state index contributed by atoms with van der Waals surface area (Å²) in [6, 6.07) is -5.50. The van der Waals surface area contributed by atoms with E-state index in [4.69, 9.17) is 21.1 Å². The van der Waals surface area contributed by atoms with Gasteiger partial charge >= 0.3 is 11.9 Å². The second-order valence-corrected chi connectivity index (χ2v) is 7.36. The van der Waals surface area contributed by atoms with Crippen LogP contribution in [0.25, 0.3) is 0 Å². The number of nitrogens with two attached hydrogens (primary N) is 1. The van der Waals surface area contributed by atoms with Gasteiger partial charge in [-0.2, -0.15) is 0 Å². The van der Waals surface area contributed by atoms with E-state index >= 15 is 0 Å². The Hall–Kier alpha value is -3.52. The van der Waals surface area contributed by atoms with Gasteiger partial charge in [-0.15, -0.1) is 0 Å². The molecule has 0 saturated heterocycles. The first kappa shape index (κ1) is 26.5. The monoisotopic (exact) mass is 456 g/mol. The van der Waals surface area contributed by atoms with E-state index in [1.54, 1.807) is 13.8 Å². The van der Waals surface area contributed by atoms with Gasteiger partial charge in [0, 0.05) is 18.3 Å². The van der Waals surface area contributed by atoms with Gasteiger partial charge in [0.05, 0.1) is 25.4 Å². The van der Waals surface area contributed by atoms with Crippen molar-refractivity contribution >= 4 is 29.7 Å². The molecule has 14 heteroatoms. The number of aliphatic hydroxyl groups excluding tert-OH is 1. The molecular weight excluding hydrogens is 428 g/mol. The molecule has 32 heavy (non-hydrogen) atoms. The molecule has 1 heterocycles. The number of imidazole rings is 1. The molecule has 0 aliphatic rings. The summed E-state index contributed by atoms with van der Waals surface area (Å²) in [6.45, 7) is 2.29. The molecule has 1 aromatic heterocycles. The number of aliphatic carboxylic acids is 2. The number of aromatic nitrogens is 2. The fourth-order valence-electron chi connectivity index (χ4n) is 2.62. The van der Waals surface area contributed by atoms with Crippen LogP contribution in [0.3, 0.4) is 0 Å². The number of aliphatic hydroxyl groups is 1. The summed E-state index contributed by atoms with van der Waals surface area (Å²) in [5.41, 5.74) is 6.46. The summed E-state index contributed by atoms with van der Waals surface area (Å²) >= 11 is 0. The molecule has 0 fully saturated rings. The quantitative estimate of drug-likeness (QED) is 0.149. The number of nitrogens with zero attached hydrogens (tertiary/aromatic N) is 1. The van der Waals surface area contributed by atoms with Crippen LogP contribution in [0, 0.1) is 5.92 Å². The summed E-state index contributed by atoms with van der Waals surface area (Å²) in [5, 5.41) is 33.6. The highest BCUT2D eigenvalue weighted by atomic mass is 16.4. The van der Waals surface area contributed by atoms with E-state index in [9.17, 15) is 24.0 Å². The van der Waals surface area contributed by atoms with Crippen molar-refractivity contribution in [1.82, 2.24) is 25.9 Å². The molecule has 1 aromatic rings. The van der Waals surface area contributed by atoms with Crippen LogP contribution in [0.4, 0.5) is 0 Å². The van der Waals surface area contributed by atoms with Gasteiger partial charge in [0.15, 0.2) is 0 Å². The highest BCUT2D eigenvalue weighted by molar-refractivity contribution is 5.95. The van der Waals surface area contributed by atoms with Crippen LogP contribution in [0.15, 0.2) is 12.5 Å². The summed E-state index contributed by atoms with van der Waals surface area (Å²) in [4.78, 5) is 66.2. The Balaban J connectivity index is 2.88. The number of nitrogens with one attached hydrogen (secondary N) is 4. The zero-order valence-corrected chi connectivity index (χ0v) is 17.6. The lowest BCUT2D eigenvalue weighted by Gasteiger charge is -2.26. The number of aromatic amines is 1. The lowest BCUT2D eigenvalue weighted by molar-refractivity contribution is -0.144. The number of carbonyl (C=O) groups is 5. The second kappa shape index (κ2) is 12.4. The molecule has 0 aliphatic carbocycles. The lowest BCUT2D eigenvalue weighted by atomic mass is 10.0. The molecule has 1 rings (SSSR count). The summed E-state index contributed by atoms with van der Waals surface area (Å²) in [5.74, 6) is -6.07. The molecular formula is C18H28N6O8. The third-order valence-corrected chi connectivity index (χ3v) is 4.39. The highest BCUT2D eigenvalue weighted by Gasteiger charge is 2.32. The minimum absolute atomic E-state index is 0.125. The number of carboxylic acids is 2. The Morgan fingerprint density at radius 1 is 1.03 bits per heavy atom. The Morgan fingerprint density at radius 3 is 2.12 bits per heavy atom. The number of H-pyrrole nitrogens is 1. The predicted molar refractivity (Wildman–Crippen MR) is 108 cm³/mol. The van der Waals surface area contributed by atoms with E-state index in [2.05, 4.69) is 20.6 Å². The molecule has 0 spiro atoms. The van der Waals surface area contributed by atoms with E-state index in [0.29, 0.717) is 5.69 Å². The molecule has 9 N–H and O–H groups in total. The van der Waals surface area contributed by atoms with Crippen molar-refractivity contribution in [2.75, 3.05) is 6.61 Å². The van der Waals surface area contributed by atoms with Crippen molar-refractivity contribution in [3.8, 4) is 0 Å². The van der Waals surface area contributed by atoms with Gasteiger partial charge in [-0.05, 0) is 5.92 Å². The van der Waals surface area contributed by atoms with E-state index in [1.807, 2.05) is 5.32 Å². The van der Waals surface area contributed by atoms with Crippen LogP contribution in [0.1, 0.15) is 26.0 Å². The molecule has 4 unspecified atom stereocenters. The van der Waals surface area contributed by atoms with Crippen LogP contribution >= 0.6 is 0 Å². The number of rotatable bonds is 13. The minimum Gasteiger partial charge on any atom is -0.481 e. The summed E-state index contributed by atoms with van der Waals surface area (Å²) < 4.78 is 0. The molecule has 3 amide bonds. The largest absolute Gasteiger partial charge is 0.481 e. The van der Waals surface area contributed by atoms with Crippen molar-refractivity contribution in [1.29, 1.82) is 0 Å². The topological polar surface area (TPSA) is 237 Å². The van der Waals surface area contributed by atoms with Gasteiger partial charge in [0.25, 0.3) is 0 Å². The van der Waals surface area contributed by atoms with Gasteiger partial charge in [-0.25, -0.2) is 9.78 Å². The molecule has 178 valence electrons. The fourth-order valence-corrected chi connectivity index (χ4v) is 2.62. The third-order valence-electron chi connectivity index (χ3n) is 4.39. The number of hydrogen-bond acceptors (Lipinski definition) is 8. The van der Waals surface area contributed by atoms with Crippen molar-refractivity contribution in [2.24, 2.45) is 11.7 Å². The SMILES string of the molecule is CC(C)C(NC(=O)C(N)Cc1cnc[nH]1)C(=O)NC(CC(=O)O)C(=O)NC(CO)C(=O)O. The smallest absolute Gasteiger partial charge is 0.328 e. The van der Waals surface area contributed by atoms with Crippen molar-refractivity contribution in [3.63, 3.8) is 0 Å². The van der Waals surface area contributed by atoms with Crippen LogP contribution in [0.2, 0.25) is 0 Å². The average Bonchev–Trinajstić information content (AvgIpc) is 3.21. The first-order chi connectivity index (χ1) is 15.0. The summed E-state index contributed by atoms with van der Waals surface area (Å²) in [6.07, 6.45) is 2.18. The van der Waals surface area contributed by atoms with Gasteiger partial charge in [0.2, 0.25) is 17.7 Å². The standard InChI is InChI=1S/C18H28N6O8/c1-8(2)14(24-15(28)10(19)3-9-5-20-7-21-9)17(30)22-11(4-13(26)27)16(29)23-12(6-25)18(31)32/h5,7-8,10-12,14,25H,3-4,6,19H2,1-2H3,(H,20,21)(H,22,30)(H,23,29)(H,24,28)(H,26,27)(H,31,32). The van der Waals surface area contributed by atoms with Gasteiger partial charge in [-0.1, -0.05) is 13.8 Å². The highest BCUT2D eigenvalue weighted by Crippen LogP contribution is 2.06. The first-order valence-electron chi connectivity index (χ1n) is 9.65. The summed E-state index contributed by atoms with van der Waals surface area (Å²) in [7, 11) is 0. The molecule has 0 aliphatic heterocycles. The number of amides is 3. The van der Waals surface area contributed by atoms with Crippen LogP contribution in [-0.2, 0) is 30.4 Å². The minimum atomic E-state index is -1.68.